The Morgan fingerprint density at radius 2 is 2.15 bits per heavy atom. The predicted molar refractivity (Wildman–Crippen MR) is 101 cm³/mol. The van der Waals surface area contributed by atoms with Gasteiger partial charge in [0.2, 0.25) is 11.7 Å². The van der Waals surface area contributed by atoms with Gasteiger partial charge in [-0.1, -0.05) is 19.0 Å². The molecule has 2 saturated heterocycles. The number of nitrogens with one attached hydrogen (secondary N) is 1. The van der Waals surface area contributed by atoms with E-state index in [0.29, 0.717) is 37.9 Å². The number of nitrogens with zero attached hydrogens (tertiary/aromatic N) is 3. The lowest BCUT2D eigenvalue weighted by Crippen LogP contribution is -2.57. The van der Waals surface area contributed by atoms with E-state index in [1.165, 1.54) is 0 Å². The average molecular weight is 385 g/mol. The van der Waals surface area contributed by atoms with Gasteiger partial charge in [0.15, 0.2) is 0 Å². The van der Waals surface area contributed by atoms with Crippen LogP contribution >= 0.6 is 12.4 Å². The van der Waals surface area contributed by atoms with Crippen molar-refractivity contribution in [1.82, 2.24) is 20.3 Å². The number of amides is 2. The van der Waals surface area contributed by atoms with Crippen LogP contribution in [-0.2, 0) is 4.79 Å². The van der Waals surface area contributed by atoms with Gasteiger partial charge in [0.1, 0.15) is 0 Å². The maximum atomic E-state index is 12.8. The Balaban J connectivity index is 0.00000243. The Morgan fingerprint density at radius 3 is 2.85 bits per heavy atom. The molecule has 1 N–H and O–H groups in total. The summed E-state index contributed by atoms with van der Waals surface area (Å²) in [5.41, 5.74) is 0.860. The number of rotatable bonds is 5. The highest BCUT2D eigenvalue weighted by atomic mass is 35.5. The molecule has 146 valence electrons. The van der Waals surface area contributed by atoms with E-state index in [9.17, 15) is 9.59 Å². The lowest BCUT2D eigenvalue weighted by Gasteiger charge is -2.40. The smallest absolute Gasteiger partial charge is 0.292 e. The fourth-order valence-electron chi connectivity index (χ4n) is 3.85. The first kappa shape index (κ1) is 20.7. The SMILES string of the molecule is CCC(CC)c1cc(C(=O)N2CCCC(N3CCNCC3=O)C2)on1.Cl. The minimum Gasteiger partial charge on any atom is -0.351 e. The lowest BCUT2D eigenvalue weighted by atomic mass is 9.99. The first-order valence-electron chi connectivity index (χ1n) is 9.40. The zero-order valence-electron chi connectivity index (χ0n) is 15.6. The van der Waals surface area contributed by atoms with Gasteiger partial charge in [0.25, 0.3) is 5.91 Å². The van der Waals surface area contributed by atoms with Crippen molar-refractivity contribution in [3.8, 4) is 0 Å². The number of carbonyl (C=O) groups excluding carboxylic acids is 2. The molecule has 0 saturated carbocycles. The summed E-state index contributed by atoms with van der Waals surface area (Å²) in [5.74, 6) is 0.658. The van der Waals surface area contributed by atoms with E-state index in [1.54, 1.807) is 11.0 Å². The molecule has 26 heavy (non-hydrogen) atoms. The van der Waals surface area contributed by atoms with Crippen LogP contribution in [0.15, 0.2) is 10.6 Å². The fourth-order valence-corrected chi connectivity index (χ4v) is 3.85. The van der Waals surface area contributed by atoms with Gasteiger partial charge >= 0.3 is 0 Å². The van der Waals surface area contributed by atoms with E-state index in [4.69, 9.17) is 4.52 Å². The van der Waals surface area contributed by atoms with Crippen LogP contribution in [0, 0.1) is 0 Å². The normalized spacial score (nSPS) is 21.0. The molecule has 0 aromatic carbocycles. The summed E-state index contributed by atoms with van der Waals surface area (Å²) >= 11 is 0. The van der Waals surface area contributed by atoms with E-state index < -0.39 is 0 Å². The summed E-state index contributed by atoms with van der Waals surface area (Å²) in [6, 6.07) is 1.90. The molecule has 2 amide bonds. The van der Waals surface area contributed by atoms with Crippen LogP contribution < -0.4 is 5.32 Å². The van der Waals surface area contributed by atoms with Gasteiger partial charge in [-0.05, 0) is 25.7 Å². The summed E-state index contributed by atoms with van der Waals surface area (Å²) < 4.78 is 5.33. The van der Waals surface area contributed by atoms with Crippen molar-refractivity contribution in [1.29, 1.82) is 0 Å². The summed E-state index contributed by atoms with van der Waals surface area (Å²) in [4.78, 5) is 28.6. The number of carbonyl (C=O) groups is 2. The van der Waals surface area contributed by atoms with Gasteiger partial charge < -0.3 is 19.6 Å². The zero-order chi connectivity index (χ0) is 17.8. The summed E-state index contributed by atoms with van der Waals surface area (Å²) in [6.45, 7) is 7.44. The first-order valence-corrected chi connectivity index (χ1v) is 9.40. The molecule has 3 heterocycles. The topological polar surface area (TPSA) is 78.7 Å². The van der Waals surface area contributed by atoms with Gasteiger partial charge in [-0.15, -0.1) is 12.4 Å². The van der Waals surface area contributed by atoms with Crippen molar-refractivity contribution in [2.75, 3.05) is 32.7 Å². The third-order valence-electron chi connectivity index (χ3n) is 5.39. The fraction of sp³-hybridized carbons (Fsp3) is 0.722. The van der Waals surface area contributed by atoms with Gasteiger partial charge in [0.05, 0.1) is 12.2 Å². The van der Waals surface area contributed by atoms with Crippen LogP contribution in [-0.4, -0.2) is 65.5 Å². The standard InChI is InChI=1S/C18H28N4O3.ClH/c1-3-13(4-2)15-10-16(25-20-15)18(24)21-8-5-6-14(12-21)22-9-7-19-11-17(22)23;/h10,13-14,19H,3-9,11-12H2,1-2H3;1H. The first-order chi connectivity index (χ1) is 12.1. The molecule has 0 spiro atoms. The van der Waals surface area contributed by atoms with E-state index >= 15 is 0 Å². The van der Waals surface area contributed by atoms with Crippen molar-refractivity contribution < 1.29 is 14.1 Å². The monoisotopic (exact) mass is 384 g/mol. The highest BCUT2D eigenvalue weighted by Crippen LogP contribution is 2.24. The minimum atomic E-state index is -0.114. The van der Waals surface area contributed by atoms with E-state index in [1.807, 2.05) is 4.90 Å². The second kappa shape index (κ2) is 9.37. The van der Waals surface area contributed by atoms with E-state index in [-0.39, 0.29) is 30.3 Å². The molecule has 8 heteroatoms. The second-order valence-electron chi connectivity index (χ2n) is 6.94. The number of likely N-dealkylation sites (tertiary alicyclic amines) is 1. The Hall–Kier alpha value is -1.60. The highest BCUT2D eigenvalue weighted by molar-refractivity contribution is 5.91. The summed E-state index contributed by atoms with van der Waals surface area (Å²) in [5, 5.41) is 7.19. The number of hydrogen-bond acceptors (Lipinski definition) is 5. The maximum Gasteiger partial charge on any atom is 0.292 e. The van der Waals surface area contributed by atoms with Crippen LogP contribution in [0.4, 0.5) is 0 Å². The molecule has 7 nitrogen and oxygen atoms in total. The lowest BCUT2D eigenvalue weighted by molar-refractivity contribution is -0.135. The molecule has 2 aliphatic heterocycles. The zero-order valence-corrected chi connectivity index (χ0v) is 16.4. The second-order valence-corrected chi connectivity index (χ2v) is 6.94. The Bertz CT molecular complexity index is 617. The predicted octanol–water partition coefficient (Wildman–Crippen LogP) is 2.04. The molecular weight excluding hydrogens is 356 g/mol. The summed E-state index contributed by atoms with van der Waals surface area (Å²) in [6.07, 6.45) is 3.81. The average Bonchev–Trinajstić information content (AvgIpc) is 3.12. The Morgan fingerprint density at radius 1 is 1.38 bits per heavy atom. The maximum absolute atomic E-state index is 12.8. The van der Waals surface area contributed by atoms with Crippen LogP contribution in [0.5, 0.6) is 0 Å². The van der Waals surface area contributed by atoms with Crippen LogP contribution in [0.25, 0.3) is 0 Å². The molecule has 1 unspecified atom stereocenters. The molecule has 0 radical (unpaired) electrons. The summed E-state index contributed by atoms with van der Waals surface area (Å²) in [7, 11) is 0. The third kappa shape index (κ3) is 4.38. The number of halogens is 1. The number of hydrogen-bond donors (Lipinski definition) is 1. The minimum absolute atomic E-state index is 0. The van der Waals surface area contributed by atoms with Gasteiger partial charge in [-0.2, -0.15) is 0 Å². The molecule has 2 fully saturated rings. The van der Waals surface area contributed by atoms with Crippen LogP contribution in [0.3, 0.4) is 0 Å². The molecule has 2 aliphatic rings. The molecule has 1 aromatic rings. The number of piperazine rings is 1. The molecule has 0 bridgehead atoms. The van der Waals surface area contributed by atoms with Crippen LogP contribution in [0.2, 0.25) is 0 Å². The largest absolute Gasteiger partial charge is 0.351 e. The Labute approximate surface area is 160 Å². The van der Waals surface area contributed by atoms with Crippen molar-refractivity contribution >= 4 is 24.2 Å². The van der Waals surface area contributed by atoms with Crippen molar-refractivity contribution in [2.24, 2.45) is 0 Å². The van der Waals surface area contributed by atoms with Crippen LogP contribution in [0.1, 0.15) is 61.7 Å². The van der Waals surface area contributed by atoms with Gasteiger partial charge in [0, 0.05) is 44.2 Å². The molecular formula is C18H29ClN4O3. The van der Waals surface area contributed by atoms with Gasteiger partial charge in [-0.3, -0.25) is 9.59 Å². The van der Waals surface area contributed by atoms with E-state index in [2.05, 4.69) is 24.3 Å². The quantitative estimate of drug-likeness (QED) is 0.840. The van der Waals surface area contributed by atoms with Crippen molar-refractivity contribution in [3.63, 3.8) is 0 Å². The Kier molecular flexibility index (Phi) is 7.46. The third-order valence-corrected chi connectivity index (χ3v) is 5.39. The molecule has 3 rings (SSSR count). The van der Waals surface area contributed by atoms with Crippen molar-refractivity contribution in [3.05, 3.63) is 17.5 Å². The number of piperidine rings is 1. The molecule has 1 atom stereocenters. The van der Waals surface area contributed by atoms with Gasteiger partial charge in [-0.25, -0.2) is 0 Å². The highest BCUT2D eigenvalue weighted by Gasteiger charge is 2.33. The molecule has 0 aliphatic carbocycles. The number of aromatic nitrogens is 1. The van der Waals surface area contributed by atoms with E-state index in [0.717, 1.165) is 37.9 Å². The molecule has 1 aromatic heterocycles. The van der Waals surface area contributed by atoms with Crippen molar-refractivity contribution in [2.45, 2.75) is 51.5 Å².